The van der Waals surface area contributed by atoms with E-state index in [0.29, 0.717) is 13.1 Å². The molecule has 1 aliphatic heterocycles. The largest absolute Gasteiger partial charge is 0.416 e. The number of rotatable bonds is 5. The van der Waals surface area contributed by atoms with Crippen LogP contribution in [0.1, 0.15) is 22.3 Å². The van der Waals surface area contributed by atoms with Crippen molar-refractivity contribution in [2.45, 2.75) is 18.7 Å². The van der Waals surface area contributed by atoms with E-state index in [2.05, 4.69) is 10.2 Å². The minimum absolute atomic E-state index is 0.0893. The third kappa shape index (κ3) is 4.84. The Morgan fingerprint density at radius 1 is 1.43 bits per heavy atom. The Labute approximate surface area is 132 Å². The van der Waals surface area contributed by atoms with Crippen molar-refractivity contribution < 1.29 is 22.7 Å². The van der Waals surface area contributed by atoms with Crippen LogP contribution in [-0.4, -0.2) is 50.2 Å². The first-order valence-electron chi connectivity index (χ1n) is 7.30. The highest BCUT2D eigenvalue weighted by molar-refractivity contribution is 5.95. The molecule has 0 aromatic heterocycles. The number of likely N-dealkylation sites (tertiary alicyclic amines) is 1. The van der Waals surface area contributed by atoms with Gasteiger partial charge in [-0.2, -0.15) is 13.2 Å². The van der Waals surface area contributed by atoms with E-state index in [1.165, 1.54) is 6.07 Å². The highest BCUT2D eigenvalue weighted by Crippen LogP contribution is 2.31. The van der Waals surface area contributed by atoms with Crippen LogP contribution < -0.4 is 11.1 Å². The average molecular weight is 331 g/mol. The fourth-order valence-corrected chi connectivity index (χ4v) is 2.57. The third-order valence-electron chi connectivity index (χ3n) is 3.82. The summed E-state index contributed by atoms with van der Waals surface area (Å²) in [6.45, 7) is 2.65. The lowest BCUT2D eigenvalue weighted by molar-refractivity contribution is -0.137. The Morgan fingerprint density at radius 2 is 2.17 bits per heavy atom. The van der Waals surface area contributed by atoms with Crippen molar-refractivity contribution in [1.29, 1.82) is 0 Å². The number of halogens is 3. The molecule has 1 saturated heterocycles. The minimum atomic E-state index is -4.53. The van der Waals surface area contributed by atoms with Gasteiger partial charge in [-0.1, -0.05) is 0 Å². The number of nitrogens with two attached hydrogens (primary N) is 1. The van der Waals surface area contributed by atoms with Crippen LogP contribution in [0.25, 0.3) is 0 Å². The van der Waals surface area contributed by atoms with Crippen LogP contribution in [0, 0.1) is 0 Å². The fraction of sp³-hybridized carbons (Fsp3) is 0.533. The third-order valence-corrected chi connectivity index (χ3v) is 3.82. The minimum Gasteiger partial charge on any atom is -0.399 e. The number of nitrogens with one attached hydrogen (secondary N) is 1. The number of methoxy groups -OCH3 is 1. The van der Waals surface area contributed by atoms with Crippen LogP contribution in [0.4, 0.5) is 18.9 Å². The molecule has 1 aromatic carbocycles. The molecule has 23 heavy (non-hydrogen) atoms. The van der Waals surface area contributed by atoms with Crippen LogP contribution in [0.5, 0.6) is 0 Å². The van der Waals surface area contributed by atoms with Gasteiger partial charge in [-0.3, -0.25) is 9.69 Å². The van der Waals surface area contributed by atoms with Gasteiger partial charge in [-0.05, 0) is 24.6 Å². The van der Waals surface area contributed by atoms with Gasteiger partial charge in [0.15, 0.2) is 0 Å². The van der Waals surface area contributed by atoms with Crippen molar-refractivity contribution in [2.24, 2.45) is 0 Å². The maximum atomic E-state index is 12.7. The molecule has 0 spiro atoms. The van der Waals surface area contributed by atoms with Gasteiger partial charge in [-0.15, -0.1) is 0 Å². The Balaban J connectivity index is 1.90. The Bertz CT molecular complexity index is 563. The molecule has 3 N–H and O–H groups in total. The van der Waals surface area contributed by atoms with E-state index in [1.54, 1.807) is 7.11 Å². The zero-order valence-electron chi connectivity index (χ0n) is 12.8. The first kappa shape index (κ1) is 17.6. The quantitative estimate of drug-likeness (QED) is 0.807. The number of anilines is 1. The second-order valence-electron chi connectivity index (χ2n) is 5.54. The van der Waals surface area contributed by atoms with Crippen LogP contribution in [0.3, 0.4) is 0 Å². The highest BCUT2D eigenvalue weighted by Gasteiger charge is 2.31. The van der Waals surface area contributed by atoms with Crippen LogP contribution >= 0.6 is 0 Å². The predicted molar refractivity (Wildman–Crippen MR) is 80.0 cm³/mol. The Morgan fingerprint density at radius 3 is 2.78 bits per heavy atom. The molecule has 8 heteroatoms. The topological polar surface area (TPSA) is 67.6 Å². The number of ether oxygens (including phenoxy) is 1. The lowest BCUT2D eigenvalue weighted by atomic mass is 10.1. The number of nitrogens with zero attached hydrogens (tertiary/aromatic N) is 1. The van der Waals surface area contributed by atoms with Crippen molar-refractivity contribution in [3.05, 3.63) is 29.3 Å². The van der Waals surface area contributed by atoms with Gasteiger partial charge in [0, 0.05) is 44.5 Å². The standard InChI is InChI=1S/C15H20F3N3O2/c1-23-13-2-4-21(9-13)5-3-20-14(22)10-6-11(15(16,17)18)8-12(19)7-10/h6-8,13H,2-5,9,19H2,1H3,(H,20,22)/t13-/m1/s1. The second kappa shape index (κ2) is 7.18. The maximum Gasteiger partial charge on any atom is 0.416 e. The molecule has 1 aliphatic rings. The monoisotopic (exact) mass is 331 g/mol. The lowest BCUT2D eigenvalue weighted by Crippen LogP contribution is -2.34. The normalized spacial score (nSPS) is 19.0. The van der Waals surface area contributed by atoms with E-state index in [1.807, 2.05) is 0 Å². The first-order chi connectivity index (χ1) is 10.8. The van der Waals surface area contributed by atoms with E-state index < -0.39 is 17.6 Å². The smallest absolute Gasteiger partial charge is 0.399 e. The summed E-state index contributed by atoms with van der Waals surface area (Å²) in [5.41, 5.74) is 4.35. The number of carbonyl (C=O) groups is 1. The summed E-state index contributed by atoms with van der Waals surface area (Å²) in [7, 11) is 1.66. The molecular weight excluding hydrogens is 311 g/mol. The van der Waals surface area contributed by atoms with Crippen molar-refractivity contribution >= 4 is 11.6 Å². The number of hydrogen-bond donors (Lipinski definition) is 2. The van der Waals surface area contributed by atoms with Crippen molar-refractivity contribution in [1.82, 2.24) is 10.2 Å². The molecule has 0 unspecified atom stereocenters. The fourth-order valence-electron chi connectivity index (χ4n) is 2.57. The number of benzene rings is 1. The number of alkyl halides is 3. The molecule has 0 aliphatic carbocycles. The van der Waals surface area contributed by atoms with E-state index in [0.717, 1.165) is 31.6 Å². The average Bonchev–Trinajstić information content (AvgIpc) is 2.93. The molecule has 1 heterocycles. The van der Waals surface area contributed by atoms with Gasteiger partial charge in [0.25, 0.3) is 5.91 Å². The van der Waals surface area contributed by atoms with Gasteiger partial charge in [0.2, 0.25) is 0 Å². The molecule has 0 saturated carbocycles. The molecule has 1 aromatic rings. The summed E-state index contributed by atoms with van der Waals surface area (Å²) < 4.78 is 43.4. The Hall–Kier alpha value is -1.80. The van der Waals surface area contributed by atoms with Crippen molar-refractivity contribution in [2.75, 3.05) is 39.0 Å². The van der Waals surface area contributed by atoms with Crippen LogP contribution in [0.15, 0.2) is 18.2 Å². The predicted octanol–water partition coefficient (Wildman–Crippen LogP) is 1.74. The summed E-state index contributed by atoms with van der Waals surface area (Å²) in [6.07, 6.45) is -3.39. The van der Waals surface area contributed by atoms with Gasteiger partial charge in [0.1, 0.15) is 0 Å². The molecule has 2 rings (SSSR count). The summed E-state index contributed by atoms with van der Waals surface area (Å²) >= 11 is 0. The summed E-state index contributed by atoms with van der Waals surface area (Å²) in [4.78, 5) is 14.1. The highest BCUT2D eigenvalue weighted by atomic mass is 19.4. The summed E-state index contributed by atoms with van der Waals surface area (Å²) in [5, 5.41) is 2.62. The number of hydrogen-bond acceptors (Lipinski definition) is 4. The summed E-state index contributed by atoms with van der Waals surface area (Å²) in [6, 6.07) is 2.86. The molecule has 0 bridgehead atoms. The van der Waals surface area contributed by atoms with E-state index >= 15 is 0 Å². The molecule has 1 atom stereocenters. The second-order valence-corrected chi connectivity index (χ2v) is 5.54. The summed E-state index contributed by atoms with van der Waals surface area (Å²) in [5.74, 6) is -0.565. The number of carbonyl (C=O) groups excluding carboxylic acids is 1. The number of nitrogen functional groups attached to an aromatic ring is 1. The van der Waals surface area contributed by atoms with Crippen LogP contribution in [-0.2, 0) is 10.9 Å². The maximum absolute atomic E-state index is 12.7. The SMILES string of the molecule is CO[C@@H]1CCN(CCNC(=O)c2cc(N)cc(C(F)(F)F)c2)C1. The van der Waals surface area contributed by atoms with E-state index in [4.69, 9.17) is 10.5 Å². The molecule has 1 fully saturated rings. The van der Waals surface area contributed by atoms with Gasteiger partial charge < -0.3 is 15.8 Å². The zero-order chi connectivity index (χ0) is 17.0. The van der Waals surface area contributed by atoms with Crippen molar-refractivity contribution in [3.63, 3.8) is 0 Å². The van der Waals surface area contributed by atoms with Crippen LogP contribution in [0.2, 0.25) is 0 Å². The van der Waals surface area contributed by atoms with Gasteiger partial charge in [-0.25, -0.2) is 0 Å². The molecule has 5 nitrogen and oxygen atoms in total. The van der Waals surface area contributed by atoms with Crippen molar-refractivity contribution in [3.8, 4) is 0 Å². The number of amides is 1. The molecular formula is C15H20F3N3O2. The zero-order valence-corrected chi connectivity index (χ0v) is 12.8. The van der Waals surface area contributed by atoms with Gasteiger partial charge in [0.05, 0.1) is 11.7 Å². The van der Waals surface area contributed by atoms with E-state index in [9.17, 15) is 18.0 Å². The Kier molecular flexibility index (Phi) is 5.48. The molecule has 0 radical (unpaired) electrons. The molecule has 128 valence electrons. The van der Waals surface area contributed by atoms with Gasteiger partial charge >= 0.3 is 6.18 Å². The lowest BCUT2D eigenvalue weighted by Gasteiger charge is -2.16. The first-order valence-corrected chi connectivity index (χ1v) is 7.30. The van der Waals surface area contributed by atoms with E-state index in [-0.39, 0.29) is 17.4 Å². The molecule has 1 amide bonds.